The summed E-state index contributed by atoms with van der Waals surface area (Å²) in [5, 5.41) is 6.31. The highest BCUT2D eigenvalue weighted by molar-refractivity contribution is 7.18. The van der Waals surface area contributed by atoms with Crippen LogP contribution in [0.5, 0.6) is 0 Å². The summed E-state index contributed by atoms with van der Waals surface area (Å²) in [6.45, 7) is 2.33. The monoisotopic (exact) mass is 414 g/mol. The molecule has 2 aromatic rings. The van der Waals surface area contributed by atoms with Gasteiger partial charge < -0.3 is 15.4 Å². The number of esters is 1. The number of thiophene rings is 1. The Bertz CT molecular complexity index is 796. The van der Waals surface area contributed by atoms with Gasteiger partial charge >= 0.3 is 5.97 Å². The second-order valence-corrected chi connectivity index (χ2v) is 8.46. The minimum absolute atomic E-state index is 0.130. The molecule has 1 saturated carbocycles. The molecular formula is C23H30N2O3S. The number of carbonyl (C=O) groups is 2. The average molecular weight is 415 g/mol. The molecule has 29 heavy (non-hydrogen) atoms. The van der Waals surface area contributed by atoms with E-state index in [-0.39, 0.29) is 12.5 Å². The molecule has 1 fully saturated rings. The van der Waals surface area contributed by atoms with Gasteiger partial charge in [0.25, 0.3) is 0 Å². The van der Waals surface area contributed by atoms with E-state index >= 15 is 0 Å². The Labute approximate surface area is 176 Å². The smallest absolute Gasteiger partial charge is 0.350 e. The number of carbonyl (C=O) groups excluding carboxylic acids is 2. The molecule has 2 N–H and O–H groups in total. The molecule has 0 spiro atoms. The summed E-state index contributed by atoms with van der Waals surface area (Å²) in [7, 11) is 0. The minimum atomic E-state index is -0.400. The number of hydrogen-bond donors (Lipinski definition) is 2. The molecule has 1 aliphatic carbocycles. The van der Waals surface area contributed by atoms with Crippen LogP contribution in [0.3, 0.4) is 0 Å². The molecule has 0 unspecified atom stereocenters. The fourth-order valence-electron chi connectivity index (χ4n) is 3.67. The van der Waals surface area contributed by atoms with E-state index in [1.807, 2.05) is 36.4 Å². The standard InChI is InChI=1S/C23H30N2O3S/c1-2-28-23(27)22-19(15-20(29-22)17-11-7-6-8-12-17)25-21(26)16-24-18-13-9-4-3-5-10-14-18/h6-8,11-12,15,18,24H,2-5,9-10,13-14,16H2,1H3,(H,25,26). The summed E-state index contributed by atoms with van der Waals surface area (Å²) in [4.78, 5) is 26.3. The van der Waals surface area contributed by atoms with Crippen molar-refractivity contribution in [2.75, 3.05) is 18.5 Å². The van der Waals surface area contributed by atoms with E-state index in [1.54, 1.807) is 6.92 Å². The second kappa shape index (κ2) is 11.1. The first-order valence-electron chi connectivity index (χ1n) is 10.6. The fourth-order valence-corrected chi connectivity index (χ4v) is 4.68. The first kappa shape index (κ1) is 21.5. The summed E-state index contributed by atoms with van der Waals surface area (Å²) < 4.78 is 5.18. The lowest BCUT2D eigenvalue weighted by Crippen LogP contribution is -2.36. The van der Waals surface area contributed by atoms with Gasteiger partial charge in [-0.05, 0) is 31.4 Å². The van der Waals surface area contributed by atoms with Crippen molar-refractivity contribution in [3.05, 3.63) is 41.3 Å². The Morgan fingerprint density at radius 2 is 1.76 bits per heavy atom. The predicted molar refractivity (Wildman–Crippen MR) is 118 cm³/mol. The number of amides is 1. The summed E-state index contributed by atoms with van der Waals surface area (Å²) in [5.41, 5.74) is 1.54. The van der Waals surface area contributed by atoms with Gasteiger partial charge in [-0.15, -0.1) is 11.3 Å². The molecule has 0 aliphatic heterocycles. The van der Waals surface area contributed by atoms with E-state index in [2.05, 4.69) is 10.6 Å². The van der Waals surface area contributed by atoms with Crippen LogP contribution in [0, 0.1) is 0 Å². The zero-order valence-corrected chi connectivity index (χ0v) is 17.9. The maximum Gasteiger partial charge on any atom is 0.350 e. The van der Waals surface area contributed by atoms with Crippen LogP contribution in [0.2, 0.25) is 0 Å². The van der Waals surface area contributed by atoms with E-state index in [0.717, 1.165) is 23.3 Å². The van der Waals surface area contributed by atoms with Crippen LogP contribution in [0.25, 0.3) is 10.4 Å². The third kappa shape index (κ3) is 6.41. The van der Waals surface area contributed by atoms with Crippen molar-refractivity contribution in [1.82, 2.24) is 5.32 Å². The molecule has 156 valence electrons. The van der Waals surface area contributed by atoms with Gasteiger partial charge in [0.05, 0.1) is 18.8 Å². The lowest BCUT2D eigenvalue weighted by Gasteiger charge is -2.20. The molecule has 0 bridgehead atoms. The third-order valence-electron chi connectivity index (χ3n) is 5.18. The highest BCUT2D eigenvalue weighted by atomic mass is 32.1. The van der Waals surface area contributed by atoms with Crippen molar-refractivity contribution >= 4 is 28.9 Å². The molecule has 1 amide bonds. The Balaban J connectivity index is 1.66. The average Bonchev–Trinajstić information content (AvgIpc) is 3.12. The summed E-state index contributed by atoms with van der Waals surface area (Å²) in [6, 6.07) is 12.1. The molecule has 6 heteroatoms. The molecule has 1 aromatic heterocycles. The normalized spacial score (nSPS) is 15.3. The van der Waals surface area contributed by atoms with Crippen LogP contribution in [0.15, 0.2) is 36.4 Å². The Kier molecular flexibility index (Phi) is 8.25. The zero-order chi connectivity index (χ0) is 20.5. The van der Waals surface area contributed by atoms with Crippen molar-refractivity contribution in [1.29, 1.82) is 0 Å². The van der Waals surface area contributed by atoms with E-state index < -0.39 is 5.97 Å². The zero-order valence-electron chi connectivity index (χ0n) is 17.0. The maximum atomic E-state index is 12.6. The van der Waals surface area contributed by atoms with Crippen molar-refractivity contribution in [3.63, 3.8) is 0 Å². The SMILES string of the molecule is CCOC(=O)c1sc(-c2ccccc2)cc1NC(=O)CNC1CCCCCCC1. The molecule has 1 aromatic carbocycles. The van der Waals surface area contributed by atoms with Gasteiger partial charge in [-0.2, -0.15) is 0 Å². The van der Waals surface area contributed by atoms with E-state index in [9.17, 15) is 9.59 Å². The predicted octanol–water partition coefficient (Wildman–Crippen LogP) is 5.23. The minimum Gasteiger partial charge on any atom is -0.462 e. The molecule has 1 heterocycles. The summed E-state index contributed by atoms with van der Waals surface area (Å²) in [5.74, 6) is -0.530. The van der Waals surface area contributed by atoms with Gasteiger partial charge in [-0.25, -0.2) is 4.79 Å². The van der Waals surface area contributed by atoms with Gasteiger partial charge in [0.15, 0.2) is 0 Å². The third-order valence-corrected chi connectivity index (χ3v) is 6.35. The Hall–Kier alpha value is -2.18. The van der Waals surface area contributed by atoms with Crippen LogP contribution in [-0.2, 0) is 9.53 Å². The van der Waals surface area contributed by atoms with Crippen LogP contribution < -0.4 is 10.6 Å². The van der Waals surface area contributed by atoms with Gasteiger partial charge in [0, 0.05) is 10.9 Å². The topological polar surface area (TPSA) is 67.4 Å². The number of rotatable bonds is 7. The molecule has 5 nitrogen and oxygen atoms in total. The van der Waals surface area contributed by atoms with Crippen LogP contribution in [0.4, 0.5) is 5.69 Å². The number of nitrogens with one attached hydrogen (secondary N) is 2. The lowest BCUT2D eigenvalue weighted by atomic mass is 9.97. The number of anilines is 1. The summed E-state index contributed by atoms with van der Waals surface area (Å²) in [6.07, 6.45) is 8.57. The fraction of sp³-hybridized carbons (Fsp3) is 0.478. The number of hydrogen-bond acceptors (Lipinski definition) is 5. The first-order valence-corrected chi connectivity index (χ1v) is 11.4. The molecule has 0 atom stereocenters. The molecule has 1 aliphatic rings. The van der Waals surface area contributed by atoms with E-state index in [0.29, 0.717) is 23.2 Å². The van der Waals surface area contributed by atoms with E-state index in [1.165, 1.54) is 43.4 Å². The first-order chi connectivity index (χ1) is 14.2. The molecule has 0 radical (unpaired) electrons. The second-order valence-electron chi connectivity index (χ2n) is 7.41. The van der Waals surface area contributed by atoms with Gasteiger partial charge in [0.2, 0.25) is 5.91 Å². The largest absolute Gasteiger partial charge is 0.462 e. The number of ether oxygens (including phenoxy) is 1. The maximum absolute atomic E-state index is 12.6. The van der Waals surface area contributed by atoms with Crippen molar-refractivity contribution in [2.24, 2.45) is 0 Å². The van der Waals surface area contributed by atoms with Gasteiger partial charge in [-0.1, -0.05) is 62.4 Å². The van der Waals surface area contributed by atoms with Crippen LogP contribution in [-0.4, -0.2) is 31.1 Å². The Morgan fingerprint density at radius 1 is 1.07 bits per heavy atom. The van der Waals surface area contributed by atoms with Crippen LogP contribution >= 0.6 is 11.3 Å². The molecule has 3 rings (SSSR count). The van der Waals surface area contributed by atoms with E-state index in [4.69, 9.17) is 4.74 Å². The Morgan fingerprint density at radius 3 is 2.45 bits per heavy atom. The highest BCUT2D eigenvalue weighted by Gasteiger charge is 2.20. The summed E-state index contributed by atoms with van der Waals surface area (Å²) >= 11 is 1.34. The number of benzene rings is 1. The van der Waals surface area contributed by atoms with Crippen molar-refractivity contribution in [3.8, 4) is 10.4 Å². The van der Waals surface area contributed by atoms with Crippen LogP contribution in [0.1, 0.15) is 61.5 Å². The van der Waals surface area contributed by atoms with Crippen molar-refractivity contribution in [2.45, 2.75) is 57.9 Å². The highest BCUT2D eigenvalue weighted by Crippen LogP contribution is 2.35. The van der Waals surface area contributed by atoms with Gasteiger partial charge in [0.1, 0.15) is 4.88 Å². The molecule has 0 saturated heterocycles. The van der Waals surface area contributed by atoms with Gasteiger partial charge in [-0.3, -0.25) is 4.79 Å². The van der Waals surface area contributed by atoms with Crippen molar-refractivity contribution < 1.29 is 14.3 Å². The lowest BCUT2D eigenvalue weighted by molar-refractivity contribution is -0.115. The molecular weight excluding hydrogens is 384 g/mol. The quantitative estimate of drug-likeness (QED) is 0.609.